The van der Waals surface area contributed by atoms with E-state index in [1.54, 1.807) is 6.92 Å². The first-order chi connectivity index (χ1) is 8.04. The molecule has 0 bridgehead atoms. The Kier molecular flexibility index (Phi) is 14.7. The Bertz CT molecular complexity index is 408. The van der Waals surface area contributed by atoms with Gasteiger partial charge in [-0.2, -0.15) is 8.42 Å². The molecular weight excluding hydrogens is 310 g/mol. The van der Waals surface area contributed by atoms with Crippen molar-refractivity contribution in [3.63, 3.8) is 0 Å². The smallest absolute Gasteiger partial charge is 0.327 e. The van der Waals surface area contributed by atoms with Crippen molar-refractivity contribution in [1.29, 1.82) is 0 Å². The van der Waals surface area contributed by atoms with Crippen molar-refractivity contribution in [2.24, 2.45) is 5.92 Å². The minimum Gasteiger partial charge on any atom is -0.481 e. The third-order valence-corrected chi connectivity index (χ3v) is 3.18. The van der Waals surface area contributed by atoms with Crippen molar-refractivity contribution in [2.45, 2.75) is 45.0 Å². The van der Waals surface area contributed by atoms with E-state index in [0.717, 1.165) is 0 Å². The second kappa shape index (κ2) is 11.4. The number of hydrogen-bond acceptors (Lipinski definition) is 5. The summed E-state index contributed by atoms with van der Waals surface area (Å²) in [7, 11) is -4.79. The largest absolute Gasteiger partial charge is 0.481 e. The van der Waals surface area contributed by atoms with Gasteiger partial charge in [-0.05, 0) is 19.3 Å². The van der Waals surface area contributed by atoms with Gasteiger partial charge >= 0.3 is 11.9 Å². The van der Waals surface area contributed by atoms with Crippen LogP contribution in [0.3, 0.4) is 0 Å². The normalized spacial score (nSPS) is 13.7. The van der Waals surface area contributed by atoms with Gasteiger partial charge in [-0.25, -0.2) is 0 Å². The molecule has 0 aliphatic heterocycles. The SMILES string of the molecule is CC(C)CC(C)OC(=O)C(CC(=O)O)S(=O)(=O)O.[Na].[Na]. The number of ether oxygens (including phenoxy) is 1. The molecule has 7 nitrogen and oxygen atoms in total. The summed E-state index contributed by atoms with van der Waals surface area (Å²) in [5.41, 5.74) is 0. The van der Waals surface area contributed by atoms with Gasteiger partial charge in [0, 0.05) is 59.1 Å². The number of hydrogen-bond donors (Lipinski definition) is 2. The predicted octanol–water partition coefficient (Wildman–Crippen LogP) is -0.0663. The number of carbonyl (C=O) groups is 2. The van der Waals surface area contributed by atoms with Gasteiger partial charge in [-0.3, -0.25) is 14.1 Å². The fourth-order valence-corrected chi connectivity index (χ4v) is 2.11. The van der Waals surface area contributed by atoms with Crippen molar-refractivity contribution in [1.82, 2.24) is 0 Å². The van der Waals surface area contributed by atoms with Crippen molar-refractivity contribution >= 4 is 81.2 Å². The van der Waals surface area contributed by atoms with Crippen LogP contribution < -0.4 is 0 Å². The molecule has 2 atom stereocenters. The Morgan fingerprint density at radius 1 is 1.15 bits per heavy atom. The van der Waals surface area contributed by atoms with E-state index >= 15 is 0 Å². The van der Waals surface area contributed by atoms with E-state index in [-0.39, 0.29) is 65.0 Å². The van der Waals surface area contributed by atoms with Gasteiger partial charge in [0.2, 0.25) is 0 Å². The first-order valence-corrected chi connectivity index (χ1v) is 6.93. The molecule has 0 aromatic carbocycles. The molecule has 2 N–H and O–H groups in total. The first-order valence-electron chi connectivity index (χ1n) is 5.42. The first kappa shape index (κ1) is 25.8. The molecule has 0 spiro atoms. The Labute approximate surface area is 163 Å². The van der Waals surface area contributed by atoms with Crippen LogP contribution in [0.4, 0.5) is 0 Å². The van der Waals surface area contributed by atoms with E-state index in [1.807, 2.05) is 13.8 Å². The van der Waals surface area contributed by atoms with Crippen LogP contribution in [-0.4, -0.2) is 100 Å². The molecule has 0 saturated heterocycles. The van der Waals surface area contributed by atoms with Gasteiger partial charge < -0.3 is 9.84 Å². The van der Waals surface area contributed by atoms with Crippen LogP contribution in [0.25, 0.3) is 0 Å². The maximum absolute atomic E-state index is 11.5. The molecule has 20 heavy (non-hydrogen) atoms. The summed E-state index contributed by atoms with van der Waals surface area (Å²) >= 11 is 0. The fourth-order valence-electron chi connectivity index (χ4n) is 1.45. The maximum Gasteiger partial charge on any atom is 0.327 e. The van der Waals surface area contributed by atoms with Crippen LogP contribution in [0, 0.1) is 5.92 Å². The monoisotopic (exact) mass is 328 g/mol. The van der Waals surface area contributed by atoms with E-state index in [2.05, 4.69) is 0 Å². The second-order valence-corrected chi connectivity index (χ2v) is 6.08. The Morgan fingerprint density at radius 2 is 1.60 bits per heavy atom. The van der Waals surface area contributed by atoms with E-state index < -0.39 is 39.8 Å². The molecule has 0 aromatic rings. The number of carboxylic acids is 1. The van der Waals surface area contributed by atoms with Gasteiger partial charge in [0.25, 0.3) is 10.1 Å². The minimum atomic E-state index is -4.79. The van der Waals surface area contributed by atoms with E-state index in [1.165, 1.54) is 0 Å². The fraction of sp³-hybridized carbons (Fsp3) is 0.800. The third-order valence-electron chi connectivity index (χ3n) is 2.10. The van der Waals surface area contributed by atoms with Crippen molar-refractivity contribution in [3.05, 3.63) is 0 Å². The average molecular weight is 328 g/mol. The van der Waals surface area contributed by atoms with Crippen LogP contribution in [0.15, 0.2) is 0 Å². The Balaban J connectivity index is -0.00000144. The van der Waals surface area contributed by atoms with Crippen molar-refractivity contribution in [3.8, 4) is 0 Å². The maximum atomic E-state index is 11.5. The van der Waals surface area contributed by atoms with Crippen LogP contribution >= 0.6 is 0 Å². The molecule has 0 heterocycles. The summed E-state index contributed by atoms with van der Waals surface area (Å²) in [6, 6.07) is 0. The Morgan fingerprint density at radius 3 is 1.90 bits per heavy atom. The summed E-state index contributed by atoms with van der Waals surface area (Å²) in [5, 5.41) is 6.41. The third kappa shape index (κ3) is 11.5. The number of carboxylic acid groups (broad SMARTS) is 1. The summed E-state index contributed by atoms with van der Waals surface area (Å²) < 4.78 is 35.4. The molecule has 0 saturated carbocycles. The average Bonchev–Trinajstić information content (AvgIpc) is 2.09. The molecule has 0 aromatic heterocycles. The number of rotatable bonds is 7. The number of esters is 1. The topological polar surface area (TPSA) is 118 Å². The quantitative estimate of drug-likeness (QED) is 0.381. The molecule has 0 amide bonds. The van der Waals surface area contributed by atoms with Gasteiger partial charge in [0.15, 0.2) is 5.25 Å². The minimum absolute atomic E-state index is 0. The number of carbonyl (C=O) groups excluding carboxylic acids is 1. The number of aliphatic carboxylic acids is 1. The molecular formula is C10H18Na2O7S. The van der Waals surface area contributed by atoms with Crippen molar-refractivity contribution < 1.29 is 32.4 Å². The second-order valence-electron chi connectivity index (χ2n) is 4.48. The van der Waals surface area contributed by atoms with E-state index in [4.69, 9.17) is 14.4 Å². The van der Waals surface area contributed by atoms with Gasteiger partial charge in [0.05, 0.1) is 12.5 Å². The summed E-state index contributed by atoms with van der Waals surface area (Å²) in [5.74, 6) is -2.52. The van der Waals surface area contributed by atoms with Crippen LogP contribution in [0.1, 0.15) is 33.6 Å². The molecule has 10 heteroatoms. The van der Waals surface area contributed by atoms with E-state index in [9.17, 15) is 18.0 Å². The van der Waals surface area contributed by atoms with Crippen LogP contribution in [0.2, 0.25) is 0 Å². The van der Waals surface area contributed by atoms with Gasteiger partial charge in [-0.1, -0.05) is 13.8 Å². The standard InChI is InChI=1S/C10H18O7S.2Na/c1-6(2)4-7(3)17-10(13)8(5-9(11)12)18(14,15)16;;/h6-8H,4-5H2,1-3H3,(H,11,12)(H,14,15,16);;. The van der Waals surface area contributed by atoms with Crippen LogP contribution in [-0.2, 0) is 24.4 Å². The van der Waals surface area contributed by atoms with Crippen LogP contribution in [0.5, 0.6) is 0 Å². The summed E-state index contributed by atoms with van der Waals surface area (Å²) in [6.45, 7) is 5.35. The molecule has 2 unspecified atom stereocenters. The van der Waals surface area contributed by atoms with Gasteiger partial charge in [-0.15, -0.1) is 0 Å². The molecule has 108 valence electrons. The zero-order valence-electron chi connectivity index (χ0n) is 12.5. The summed E-state index contributed by atoms with van der Waals surface area (Å²) in [4.78, 5) is 21.9. The predicted molar refractivity (Wildman–Crippen MR) is 74.1 cm³/mol. The molecule has 0 aliphatic carbocycles. The zero-order chi connectivity index (χ0) is 14.5. The molecule has 2 radical (unpaired) electrons. The zero-order valence-corrected chi connectivity index (χ0v) is 17.3. The Hall–Kier alpha value is 0.850. The molecule has 0 fully saturated rings. The van der Waals surface area contributed by atoms with Gasteiger partial charge in [0.1, 0.15) is 0 Å². The van der Waals surface area contributed by atoms with E-state index in [0.29, 0.717) is 6.42 Å². The molecule has 0 aliphatic rings. The molecule has 0 rings (SSSR count). The summed E-state index contributed by atoms with van der Waals surface area (Å²) in [6.07, 6.45) is -1.06. The van der Waals surface area contributed by atoms with Crippen molar-refractivity contribution in [2.75, 3.05) is 0 Å².